The minimum Gasteiger partial charge on any atom is -0.493 e. The highest BCUT2D eigenvalue weighted by Gasteiger charge is 2.35. The first-order valence-electron chi connectivity index (χ1n) is 14.1. The Hall–Kier alpha value is -3.63. The van der Waals surface area contributed by atoms with Crippen LogP contribution in [0, 0.1) is 22.0 Å². The summed E-state index contributed by atoms with van der Waals surface area (Å²) in [5, 5.41) is 29.6. The highest BCUT2D eigenvalue weighted by molar-refractivity contribution is 7.89. The zero-order chi connectivity index (χ0) is 30.6. The maximum atomic E-state index is 13.7. The molecule has 2 N–H and O–H groups in total. The van der Waals surface area contributed by atoms with Gasteiger partial charge >= 0.3 is 17.0 Å². The molecule has 2 unspecified atom stereocenters. The Morgan fingerprint density at radius 3 is 2.60 bits per heavy atom. The van der Waals surface area contributed by atoms with E-state index in [0.717, 1.165) is 6.42 Å². The molecule has 1 aliphatic rings. The number of piperidine rings is 1. The van der Waals surface area contributed by atoms with Crippen LogP contribution in [0.2, 0.25) is 0 Å². The van der Waals surface area contributed by atoms with Crippen molar-refractivity contribution in [3.05, 3.63) is 44.5 Å². The van der Waals surface area contributed by atoms with Gasteiger partial charge in [-0.05, 0) is 56.7 Å². The van der Waals surface area contributed by atoms with E-state index in [1.165, 1.54) is 25.6 Å². The van der Waals surface area contributed by atoms with E-state index in [1.807, 2.05) is 13.8 Å². The van der Waals surface area contributed by atoms with Crippen LogP contribution in [0.4, 0.5) is 0 Å². The van der Waals surface area contributed by atoms with Crippen LogP contribution in [-0.2, 0) is 28.3 Å². The highest BCUT2D eigenvalue weighted by Crippen LogP contribution is 2.33. The van der Waals surface area contributed by atoms with E-state index in [2.05, 4.69) is 20.0 Å². The average molecular weight is 609 g/mol. The molecular formula is C26H38N7O8S+. The van der Waals surface area contributed by atoms with Crippen molar-refractivity contribution in [2.75, 3.05) is 26.3 Å². The zero-order valence-corrected chi connectivity index (χ0v) is 25.0. The number of hydrogen-bond donors (Lipinski definition) is 2. The second kappa shape index (κ2) is 13.1. The quantitative estimate of drug-likeness (QED) is 0.162. The summed E-state index contributed by atoms with van der Waals surface area (Å²) in [4.78, 5) is 30.9. The molecule has 1 aliphatic heterocycles. The predicted octanol–water partition coefficient (Wildman–Crippen LogP) is 1.26. The summed E-state index contributed by atoms with van der Waals surface area (Å²) in [7, 11) is -2.29. The molecule has 4 rings (SSSR count). The van der Waals surface area contributed by atoms with Crippen LogP contribution in [0.15, 0.2) is 27.9 Å². The summed E-state index contributed by atoms with van der Waals surface area (Å²) < 4.78 is 37.5. The number of aliphatic hydroxyl groups excluding tert-OH is 1. The van der Waals surface area contributed by atoms with Gasteiger partial charge in [-0.25, -0.2) is 8.42 Å². The normalized spacial score (nSPS) is 16.4. The van der Waals surface area contributed by atoms with Crippen molar-refractivity contribution in [3.63, 3.8) is 0 Å². The standard InChI is InChI=1S/C26H37N7O8S/c1-5-8-22-28-30(4)26-25(35)27-24(29-32(22)26)20-15-19(9-10-21(20)40-7-3)42(38,39)31-13-11-18(12-14-31)23(34)17(6-2)16-41-33(36)37/h9-10,15,17-18,23,34H,5-8,11-14,16H2,1-4H3/p+1. The number of aryl methyl sites for hydroxylation is 2. The summed E-state index contributed by atoms with van der Waals surface area (Å²) in [6, 6.07) is 4.46. The number of aromatic amines is 1. The molecule has 0 radical (unpaired) electrons. The molecule has 3 aromatic rings. The lowest BCUT2D eigenvalue weighted by molar-refractivity contribution is -0.759. The van der Waals surface area contributed by atoms with Gasteiger partial charge in [-0.1, -0.05) is 23.5 Å². The molecule has 3 heterocycles. The molecule has 16 heteroatoms. The number of hydrogen-bond acceptors (Lipinski definition) is 10. The van der Waals surface area contributed by atoms with Gasteiger partial charge in [-0.3, -0.25) is 9.78 Å². The number of aliphatic hydroxyl groups is 1. The second-order valence-electron chi connectivity index (χ2n) is 10.3. The van der Waals surface area contributed by atoms with Crippen LogP contribution in [0.1, 0.15) is 52.3 Å². The number of nitrogens with zero attached hydrogens (tertiary/aromatic N) is 6. The molecule has 0 spiro atoms. The fraction of sp³-hybridized carbons (Fsp3) is 0.615. The molecule has 1 saturated heterocycles. The Balaban J connectivity index is 1.62. The first-order valence-corrected chi connectivity index (χ1v) is 15.6. The van der Waals surface area contributed by atoms with Crippen molar-refractivity contribution in [3.8, 4) is 17.1 Å². The van der Waals surface area contributed by atoms with E-state index in [0.29, 0.717) is 49.4 Å². The largest absolute Gasteiger partial charge is 0.493 e. The molecule has 15 nitrogen and oxygen atoms in total. The zero-order valence-electron chi connectivity index (χ0n) is 24.2. The van der Waals surface area contributed by atoms with Gasteiger partial charge in [0.15, 0.2) is 5.82 Å². The molecule has 0 bridgehead atoms. The Kier molecular flexibility index (Phi) is 9.78. The SMILES string of the molecule is CCCc1nn(C)c2c(=O)[nH]c(-c3cc(S(=O)(=O)N4CCC(C(O)C(CC)CO[N+](=O)[O-])CC4)ccc3OCC)n[n+]12. The molecule has 1 aromatic carbocycles. The van der Waals surface area contributed by atoms with Crippen LogP contribution in [0.25, 0.3) is 17.0 Å². The monoisotopic (exact) mass is 608 g/mol. The lowest BCUT2D eigenvalue weighted by Gasteiger charge is -2.36. The van der Waals surface area contributed by atoms with Crippen LogP contribution in [-0.4, -0.2) is 75.2 Å². The van der Waals surface area contributed by atoms with Gasteiger partial charge in [0.05, 0.1) is 30.2 Å². The van der Waals surface area contributed by atoms with Crippen LogP contribution in [0.3, 0.4) is 0 Å². The summed E-state index contributed by atoms with van der Waals surface area (Å²) in [6.07, 6.45) is 1.81. The minimum absolute atomic E-state index is 0.0125. The van der Waals surface area contributed by atoms with Crippen LogP contribution >= 0.6 is 0 Å². The molecule has 0 aliphatic carbocycles. The summed E-state index contributed by atoms with van der Waals surface area (Å²) in [5.41, 5.74) is 0.143. The van der Waals surface area contributed by atoms with Crippen molar-refractivity contribution >= 4 is 15.7 Å². The first kappa shape index (κ1) is 31.3. The third-order valence-corrected chi connectivity index (χ3v) is 9.55. The number of ether oxygens (including phenoxy) is 1. The fourth-order valence-electron chi connectivity index (χ4n) is 5.40. The van der Waals surface area contributed by atoms with Gasteiger partial charge in [0.1, 0.15) is 12.4 Å². The molecule has 0 amide bonds. The minimum atomic E-state index is -3.95. The number of nitrogens with one attached hydrogen (secondary N) is 1. The maximum absolute atomic E-state index is 13.7. The van der Waals surface area contributed by atoms with E-state index < -0.39 is 32.7 Å². The molecule has 0 saturated carbocycles. The number of H-pyrrole nitrogens is 1. The van der Waals surface area contributed by atoms with Gasteiger partial charge in [0.2, 0.25) is 10.0 Å². The Morgan fingerprint density at radius 2 is 1.98 bits per heavy atom. The number of rotatable bonds is 13. The second-order valence-corrected chi connectivity index (χ2v) is 12.3. The summed E-state index contributed by atoms with van der Waals surface area (Å²) in [6.45, 7) is 6.06. The molecule has 42 heavy (non-hydrogen) atoms. The topological polar surface area (TPSA) is 187 Å². The van der Waals surface area contributed by atoms with Crippen molar-refractivity contribution in [2.45, 2.75) is 63.9 Å². The smallest absolute Gasteiger partial charge is 0.350 e. The summed E-state index contributed by atoms with van der Waals surface area (Å²) >= 11 is 0. The number of aromatic nitrogens is 5. The van der Waals surface area contributed by atoms with E-state index in [4.69, 9.17) is 4.74 Å². The van der Waals surface area contributed by atoms with Crippen molar-refractivity contribution in [1.29, 1.82) is 0 Å². The average Bonchev–Trinajstić information content (AvgIpc) is 3.28. The molecular weight excluding hydrogens is 570 g/mol. The van der Waals surface area contributed by atoms with E-state index >= 15 is 0 Å². The summed E-state index contributed by atoms with van der Waals surface area (Å²) in [5.74, 6) is 0.462. The molecule has 1 fully saturated rings. The Bertz CT molecular complexity index is 1580. The molecule has 2 atom stereocenters. The highest BCUT2D eigenvalue weighted by atomic mass is 32.2. The number of sulfonamides is 1. The first-order chi connectivity index (χ1) is 20.0. The van der Waals surface area contributed by atoms with E-state index in [9.17, 15) is 28.4 Å². The number of fused-ring (bicyclic) bond motifs is 1. The van der Waals surface area contributed by atoms with Gasteiger partial charge in [-0.15, -0.1) is 14.8 Å². The van der Waals surface area contributed by atoms with E-state index in [1.54, 1.807) is 20.0 Å². The van der Waals surface area contributed by atoms with Gasteiger partial charge < -0.3 is 14.7 Å². The van der Waals surface area contributed by atoms with Crippen molar-refractivity contribution < 1.29 is 32.7 Å². The van der Waals surface area contributed by atoms with Gasteiger partial charge in [0, 0.05) is 30.5 Å². The third kappa shape index (κ3) is 6.39. The lowest BCUT2D eigenvalue weighted by Crippen LogP contribution is -2.43. The van der Waals surface area contributed by atoms with E-state index in [-0.39, 0.29) is 42.0 Å². The Labute approximate surface area is 243 Å². The molecule has 230 valence electrons. The van der Waals surface area contributed by atoms with Crippen molar-refractivity contribution in [2.24, 2.45) is 18.9 Å². The maximum Gasteiger partial charge on any atom is 0.350 e. The Morgan fingerprint density at radius 1 is 1.26 bits per heavy atom. The van der Waals surface area contributed by atoms with Gasteiger partial charge in [-0.2, -0.15) is 4.31 Å². The predicted molar refractivity (Wildman–Crippen MR) is 150 cm³/mol. The van der Waals surface area contributed by atoms with Crippen LogP contribution < -0.4 is 14.8 Å². The molecule has 2 aromatic heterocycles. The fourth-order valence-corrected chi connectivity index (χ4v) is 6.90. The van der Waals surface area contributed by atoms with Crippen LogP contribution in [0.5, 0.6) is 5.75 Å². The third-order valence-electron chi connectivity index (χ3n) is 7.65. The van der Waals surface area contributed by atoms with Gasteiger partial charge in [0.25, 0.3) is 5.09 Å². The van der Waals surface area contributed by atoms with Crippen molar-refractivity contribution in [1.82, 2.24) is 24.2 Å². The number of benzene rings is 1. The lowest BCUT2D eigenvalue weighted by atomic mass is 9.84.